The molecule has 1 amide bonds. The van der Waals surface area contributed by atoms with Gasteiger partial charge in [-0.2, -0.15) is 26.3 Å². The number of halogens is 7. The summed E-state index contributed by atoms with van der Waals surface area (Å²) >= 11 is 5.32. The van der Waals surface area contributed by atoms with Crippen molar-refractivity contribution in [3.63, 3.8) is 0 Å². The predicted molar refractivity (Wildman–Crippen MR) is 466 cm³/mol. The van der Waals surface area contributed by atoms with Crippen LogP contribution in [0.1, 0.15) is 147 Å². The fourth-order valence-electron chi connectivity index (χ4n) is 16.5. The van der Waals surface area contributed by atoms with E-state index >= 15 is 0 Å². The molecule has 3 aliphatic heterocycles. The molecule has 3 unspecified atom stereocenters. The Morgan fingerprint density at radius 2 is 0.848 bits per heavy atom. The van der Waals surface area contributed by atoms with E-state index in [1.54, 1.807) is 89.6 Å². The molecule has 14 rings (SSSR count). The second-order valence-corrected chi connectivity index (χ2v) is 31.6. The predicted octanol–water partition coefficient (Wildman–Crippen LogP) is 9.82. The van der Waals surface area contributed by atoms with Gasteiger partial charge in [0.1, 0.15) is 29.0 Å². The zero-order valence-corrected chi connectivity index (χ0v) is 75.5. The molecule has 29 nitrogen and oxygen atoms in total. The number of aromatic nitrogens is 8. The number of nitrogens with one attached hydrogen (secondary N) is 4. The number of likely N-dealkylation sites (N-methyl/N-ethyl adjacent to an activating group) is 1. The molecule has 0 aromatic carbocycles. The number of aromatic amines is 2. The summed E-state index contributed by atoms with van der Waals surface area (Å²) in [6.07, 6.45) is 2.32. The molecule has 666 valence electrons. The number of hydrogen-bond acceptors (Lipinski definition) is 22. The topological polar surface area (TPSA) is 368 Å². The number of carbonyl (C=O) groups is 3. The van der Waals surface area contributed by atoms with Crippen LogP contribution < -0.4 is 77.5 Å². The van der Waals surface area contributed by atoms with Crippen molar-refractivity contribution in [1.82, 2.24) is 77.7 Å². The number of carbonyl (C=O) groups excluding carboxylic acids is 2. The largest absolute Gasteiger partial charge is 1.00 e. The Morgan fingerprint density at radius 1 is 0.512 bits per heavy atom. The molecular weight excluding hydrogens is 1660 g/mol. The van der Waals surface area contributed by atoms with Crippen LogP contribution in [0, 0.1) is 34.6 Å². The summed E-state index contributed by atoms with van der Waals surface area (Å²) in [6, 6.07) is 25.5. The standard InChI is InChI=1S/C31H39N7O3.C26H32F3N5O2.C23H26F3N5O2.C8H11ClN2O2.Na.H2O/c1-6-36-11-13-37(14-12-36)21(4)29-20(3)24(30(39)34-18-25-27(41-5)15-19(2)35-31(25)40)16-26-23(9-10-38(26)29)22-7-8-28(32)33-17-22;1-16(2)36-25(35)21-13-22-20(19-5-6-23(30)31-14-19)7-8-34(22)24(17(21)3)18(4)33-11-9-32(10-12-33)15-26(27,28)29;1-14-18(22(32)33)11-19-17(16-3-4-20(27)28-12-16)5-6-31(19)21(14)15(2)30-9-7-29(8-10-30)13-23(24,25)26;1-5-3-7(13-2)6(4-10-9)8(12)11-5;;/h7-10,15-17,21H,6,11-14,18H2,1-5H3,(H2,32,33)(H,34,39)(H,35,40);5-8,13-14,16,18H,9-12,15H2,1-4H3,(H2,30,31);3-6,11-12,15H,7-10,13H2,1-2H3,(H2,27,28)(H,32,33);3,10H,4H2,1-2H3,(H,11,12);;1H2/q;;;;+1;/p-1. The van der Waals surface area contributed by atoms with E-state index in [2.05, 4.69) is 89.6 Å². The van der Waals surface area contributed by atoms with Gasteiger partial charge in [-0.15, -0.1) is 0 Å². The first kappa shape index (κ1) is 98.4. The number of nitrogen functional groups attached to an aromatic ring is 3. The minimum atomic E-state index is -4.22. The smallest absolute Gasteiger partial charge is 0.870 e. The minimum Gasteiger partial charge on any atom is -0.870 e. The molecule has 14 heterocycles. The number of hydrogen-bond donors (Lipinski definition) is 8. The van der Waals surface area contributed by atoms with E-state index in [4.69, 9.17) is 43.2 Å². The normalized spacial score (nSPS) is 15.3. The number of rotatable bonds is 22. The number of esters is 1. The van der Waals surface area contributed by atoms with Crippen LogP contribution in [-0.2, 0) is 17.8 Å². The summed E-state index contributed by atoms with van der Waals surface area (Å²) in [6.45, 7) is 28.0. The molecule has 11 aromatic rings. The average molecular weight is 1770 g/mol. The molecule has 3 saturated heterocycles. The Hall–Kier alpha value is -10.4. The first-order chi connectivity index (χ1) is 58.4. The fourth-order valence-corrected chi connectivity index (χ4v) is 16.7. The number of aryl methyl sites for hydroxylation is 2. The maximum atomic E-state index is 13.8. The van der Waals surface area contributed by atoms with E-state index in [9.17, 15) is 55.4 Å². The molecule has 3 aliphatic rings. The van der Waals surface area contributed by atoms with Crippen LogP contribution in [0.2, 0.25) is 0 Å². The van der Waals surface area contributed by atoms with Crippen LogP contribution in [0.15, 0.2) is 132 Å². The number of nitrogens with two attached hydrogens (primary N) is 3. The second kappa shape index (κ2) is 42.7. The zero-order valence-electron chi connectivity index (χ0n) is 72.8. The van der Waals surface area contributed by atoms with Gasteiger partial charge in [-0.25, -0.2) is 29.4 Å². The molecule has 3 fully saturated rings. The Kier molecular flexibility index (Phi) is 33.6. The van der Waals surface area contributed by atoms with Crippen LogP contribution in [0.25, 0.3) is 49.9 Å². The van der Waals surface area contributed by atoms with Gasteiger partial charge in [0.15, 0.2) is 0 Å². The first-order valence-electron chi connectivity index (χ1n) is 40.6. The van der Waals surface area contributed by atoms with Crippen molar-refractivity contribution in [3.8, 4) is 44.9 Å². The molecule has 0 bridgehead atoms. The number of H-pyrrole nitrogens is 2. The molecule has 0 saturated carbocycles. The van der Waals surface area contributed by atoms with Crippen molar-refractivity contribution < 1.29 is 95.1 Å². The van der Waals surface area contributed by atoms with Crippen LogP contribution >= 0.6 is 11.8 Å². The Labute approximate surface area is 747 Å². The van der Waals surface area contributed by atoms with Gasteiger partial charge in [0.05, 0.1) is 78.8 Å². The number of anilines is 3. The van der Waals surface area contributed by atoms with Gasteiger partial charge in [0.25, 0.3) is 17.0 Å². The van der Waals surface area contributed by atoms with Crippen molar-refractivity contribution in [1.29, 1.82) is 0 Å². The first-order valence-corrected chi connectivity index (χ1v) is 41.0. The molecule has 11 aromatic heterocycles. The molecule has 0 spiro atoms. The third-order valence-corrected chi connectivity index (χ3v) is 23.1. The van der Waals surface area contributed by atoms with Crippen LogP contribution in [-0.4, -0.2) is 227 Å². The van der Waals surface area contributed by atoms with E-state index in [1.165, 1.54) is 24.0 Å². The van der Waals surface area contributed by atoms with Crippen molar-refractivity contribution in [2.24, 2.45) is 0 Å². The number of piperazine rings is 3. The average Bonchev–Trinajstić information content (AvgIpc) is 1.68. The van der Waals surface area contributed by atoms with Crippen molar-refractivity contribution in [2.75, 3.05) is 130 Å². The zero-order chi connectivity index (χ0) is 89.2. The maximum absolute atomic E-state index is 13.8. The number of amides is 1. The fraction of sp³-hybridized carbons (Fsp3) is 0.409. The third-order valence-electron chi connectivity index (χ3n) is 23.0. The van der Waals surface area contributed by atoms with Crippen molar-refractivity contribution in [2.45, 2.75) is 126 Å². The minimum absolute atomic E-state index is 0. The van der Waals surface area contributed by atoms with Gasteiger partial charge < -0.3 is 75.4 Å². The van der Waals surface area contributed by atoms with E-state index in [-0.39, 0.29) is 94.9 Å². The Balaban J connectivity index is 0.000000197. The van der Waals surface area contributed by atoms with E-state index < -0.39 is 37.4 Å². The van der Waals surface area contributed by atoms with Gasteiger partial charge in [-0.3, -0.25) is 38.9 Å². The van der Waals surface area contributed by atoms with E-state index in [0.29, 0.717) is 115 Å². The number of carboxylic acids is 1. The van der Waals surface area contributed by atoms with E-state index in [1.807, 2.05) is 87.0 Å². The Bertz CT molecular complexity index is 5680. The summed E-state index contributed by atoms with van der Waals surface area (Å²) in [5.41, 5.74) is 33.3. The third kappa shape index (κ3) is 23.6. The summed E-state index contributed by atoms with van der Waals surface area (Å²) in [5, 5.41) is 12.8. The molecule has 12 N–H and O–H groups in total. The van der Waals surface area contributed by atoms with Crippen LogP contribution in [0.5, 0.6) is 11.5 Å². The van der Waals surface area contributed by atoms with Gasteiger partial charge in [-0.05, 0) is 189 Å². The molecular formula is C88H109ClF6N19NaO10. The molecule has 37 heteroatoms. The maximum Gasteiger partial charge on any atom is 1.00 e. The quantitative estimate of drug-likeness (QED) is 0.0135. The van der Waals surface area contributed by atoms with Crippen molar-refractivity contribution in [3.05, 3.63) is 216 Å². The number of ether oxygens (including phenoxy) is 3. The number of alkyl halides is 6. The van der Waals surface area contributed by atoms with Gasteiger partial charge in [0.2, 0.25) is 0 Å². The van der Waals surface area contributed by atoms with Gasteiger partial charge in [0, 0.05) is 208 Å². The summed E-state index contributed by atoms with van der Waals surface area (Å²) in [7, 11) is 3.04. The molecule has 0 aliphatic carbocycles. The van der Waals surface area contributed by atoms with Gasteiger partial charge >= 0.3 is 53.8 Å². The number of methoxy groups -OCH3 is 2. The van der Waals surface area contributed by atoms with Gasteiger partial charge in [-0.1, -0.05) is 6.92 Å². The summed E-state index contributed by atoms with van der Waals surface area (Å²) < 4.78 is 99.0. The molecule has 125 heavy (non-hydrogen) atoms. The Morgan fingerprint density at radius 3 is 1.17 bits per heavy atom. The van der Waals surface area contributed by atoms with E-state index in [0.717, 1.165) is 117 Å². The summed E-state index contributed by atoms with van der Waals surface area (Å²) in [5.74, 6) is 0.575. The number of pyridine rings is 8. The number of fused-ring (bicyclic) bond motifs is 3. The molecule has 0 radical (unpaired) electrons. The molecule has 3 atom stereocenters. The summed E-state index contributed by atoms with van der Waals surface area (Å²) in [4.78, 5) is 95.4. The second-order valence-electron chi connectivity index (χ2n) is 31.3. The monoisotopic (exact) mass is 1760 g/mol. The number of aromatic carboxylic acids is 1. The van der Waals surface area contributed by atoms with Crippen LogP contribution in [0.4, 0.5) is 43.8 Å². The van der Waals surface area contributed by atoms with Crippen LogP contribution in [0.3, 0.4) is 0 Å². The SMILES string of the molecule is CCN1CCN(C(C)c2c(C)c(C(=O)NCc3c(OC)cc(C)[nH]c3=O)cc3c(-c4ccc(N)nc4)ccn23)CC1.COc1cc(C)[nH]c(=O)c1CNCl.Cc1c(C(=O)O)cc2c(-c3ccc(N)nc3)ccn2c1C(C)N1CCN(CC(F)(F)F)CC1.Cc1c(C(=O)OC(C)C)cc2c(-c3ccc(N)nc3)ccn2c1C(C)N1CCN(CC(F)(F)F)CC1.[Na+].[OH-]. The number of nitrogens with zero attached hydrogens (tertiary/aromatic N) is 12. The number of carboxylic acid groups (broad SMARTS) is 1. The van der Waals surface area contributed by atoms with Crippen molar-refractivity contribution >= 4 is 63.6 Å².